The topological polar surface area (TPSA) is 73.7 Å². The minimum Gasteiger partial charge on any atom is -0.371 e. The number of aromatic nitrogens is 2. The number of H-pyrrole nitrogens is 1. The average molecular weight is 385 g/mol. The quantitative estimate of drug-likeness (QED) is 0.719. The zero-order valence-electron chi connectivity index (χ0n) is 14.4. The van der Waals surface area contributed by atoms with Crippen LogP contribution < -0.4 is 5.32 Å². The van der Waals surface area contributed by atoms with Crippen molar-refractivity contribution >= 4 is 12.4 Å². The van der Waals surface area contributed by atoms with E-state index in [4.69, 9.17) is 10.00 Å². The summed E-state index contributed by atoms with van der Waals surface area (Å²) in [5.41, 5.74) is 4.05. The normalized spacial score (nSPS) is 16.4. The Morgan fingerprint density at radius 2 is 1.96 bits per heavy atom. The van der Waals surface area contributed by atoms with Crippen LogP contribution in [0.5, 0.6) is 0 Å². The van der Waals surface area contributed by atoms with Crippen molar-refractivity contribution < 1.29 is 9.13 Å². The van der Waals surface area contributed by atoms with Crippen LogP contribution in [-0.4, -0.2) is 29.9 Å². The summed E-state index contributed by atoms with van der Waals surface area (Å²) in [6.07, 6.45) is 0.0697. The molecule has 4 rings (SSSR count). The number of aromatic amines is 1. The highest BCUT2D eigenvalue weighted by Crippen LogP contribution is 2.28. The van der Waals surface area contributed by atoms with E-state index in [1.54, 1.807) is 18.2 Å². The first-order chi connectivity index (χ1) is 12.7. The fraction of sp³-hybridized carbons (Fsp3) is 0.200. The fourth-order valence-electron chi connectivity index (χ4n) is 3.06. The first kappa shape index (κ1) is 19.1. The minimum atomic E-state index is -0.448. The van der Waals surface area contributed by atoms with E-state index >= 15 is 0 Å². The van der Waals surface area contributed by atoms with Crippen LogP contribution >= 0.6 is 12.4 Å². The van der Waals surface area contributed by atoms with Crippen molar-refractivity contribution in [3.8, 4) is 28.6 Å². The molecule has 138 valence electrons. The van der Waals surface area contributed by atoms with Crippen LogP contribution in [0, 0.1) is 17.1 Å². The zero-order valence-corrected chi connectivity index (χ0v) is 15.2. The number of nitrogens with zero attached hydrogens (tertiary/aromatic N) is 2. The van der Waals surface area contributed by atoms with E-state index in [1.165, 1.54) is 6.07 Å². The van der Waals surface area contributed by atoms with Crippen LogP contribution in [-0.2, 0) is 4.74 Å². The summed E-state index contributed by atoms with van der Waals surface area (Å²) < 4.78 is 19.9. The van der Waals surface area contributed by atoms with Gasteiger partial charge >= 0.3 is 0 Å². The minimum absolute atomic E-state index is 0. The standard InChI is InChI=1S/C20H17FN4O.ClH/c21-17-9-13(11-22)1-6-16(17)19-10-18(24-25-19)14-2-4-15(5-3-14)20-12-23-7-8-26-20;/h1-6,9-10,20,23H,7-8,12H2,(H,24,25);1H/t20-;/m1./s1. The number of hydrogen-bond donors (Lipinski definition) is 2. The molecule has 0 aliphatic carbocycles. The van der Waals surface area contributed by atoms with Crippen molar-refractivity contribution in [2.75, 3.05) is 19.7 Å². The molecule has 0 saturated carbocycles. The van der Waals surface area contributed by atoms with Gasteiger partial charge in [0.15, 0.2) is 0 Å². The molecule has 5 nitrogen and oxygen atoms in total. The molecular formula is C20H18ClFN4O. The smallest absolute Gasteiger partial charge is 0.133 e. The maximum absolute atomic E-state index is 14.2. The Bertz CT molecular complexity index is 959. The number of rotatable bonds is 3. The third-order valence-corrected chi connectivity index (χ3v) is 4.47. The van der Waals surface area contributed by atoms with Crippen molar-refractivity contribution in [3.05, 3.63) is 65.5 Å². The second kappa shape index (κ2) is 8.31. The molecule has 2 heterocycles. The maximum Gasteiger partial charge on any atom is 0.133 e. The lowest BCUT2D eigenvalue weighted by Crippen LogP contribution is -2.33. The van der Waals surface area contributed by atoms with Gasteiger partial charge in [0.05, 0.1) is 35.7 Å². The Balaban J connectivity index is 0.00000210. The van der Waals surface area contributed by atoms with Crippen molar-refractivity contribution in [2.24, 2.45) is 0 Å². The molecule has 0 bridgehead atoms. The van der Waals surface area contributed by atoms with Gasteiger partial charge in [-0.1, -0.05) is 24.3 Å². The molecule has 1 saturated heterocycles. The summed E-state index contributed by atoms with van der Waals surface area (Å²) in [4.78, 5) is 0. The third kappa shape index (κ3) is 4.01. The van der Waals surface area contributed by atoms with Gasteiger partial charge in [0.25, 0.3) is 0 Å². The Morgan fingerprint density at radius 3 is 2.63 bits per heavy atom. The SMILES string of the molecule is Cl.N#Cc1ccc(-c2cc(-c3ccc([C@H]4CNCCO4)cc3)n[nH]2)c(F)c1. The molecule has 7 heteroatoms. The van der Waals surface area contributed by atoms with Gasteiger partial charge in [0, 0.05) is 24.2 Å². The van der Waals surface area contributed by atoms with Gasteiger partial charge < -0.3 is 10.1 Å². The lowest BCUT2D eigenvalue weighted by Gasteiger charge is -2.24. The summed E-state index contributed by atoms with van der Waals surface area (Å²) in [5, 5.41) is 19.3. The molecule has 1 aliphatic rings. The average Bonchev–Trinajstić information content (AvgIpc) is 3.18. The van der Waals surface area contributed by atoms with E-state index in [1.807, 2.05) is 30.3 Å². The van der Waals surface area contributed by atoms with E-state index in [0.717, 1.165) is 29.9 Å². The predicted octanol–water partition coefficient (Wildman–Crippen LogP) is 3.84. The molecule has 0 unspecified atom stereocenters. The first-order valence-electron chi connectivity index (χ1n) is 8.42. The number of nitriles is 1. The first-order valence-corrected chi connectivity index (χ1v) is 8.42. The lowest BCUT2D eigenvalue weighted by molar-refractivity contribution is 0.0277. The van der Waals surface area contributed by atoms with Gasteiger partial charge in [-0.25, -0.2) is 4.39 Å². The number of hydrogen-bond acceptors (Lipinski definition) is 4. The number of ether oxygens (including phenoxy) is 1. The van der Waals surface area contributed by atoms with E-state index in [0.29, 0.717) is 23.4 Å². The third-order valence-electron chi connectivity index (χ3n) is 4.47. The van der Waals surface area contributed by atoms with Gasteiger partial charge in [-0.2, -0.15) is 10.4 Å². The summed E-state index contributed by atoms with van der Waals surface area (Å²) in [7, 11) is 0. The second-order valence-electron chi connectivity index (χ2n) is 6.16. The van der Waals surface area contributed by atoms with Crippen molar-refractivity contribution in [3.63, 3.8) is 0 Å². The number of morpholine rings is 1. The molecule has 1 aromatic heterocycles. The van der Waals surface area contributed by atoms with Crippen LogP contribution in [0.3, 0.4) is 0 Å². The van der Waals surface area contributed by atoms with Gasteiger partial charge in [0.2, 0.25) is 0 Å². The van der Waals surface area contributed by atoms with E-state index < -0.39 is 5.82 Å². The van der Waals surface area contributed by atoms with Crippen molar-refractivity contribution in [2.45, 2.75) is 6.10 Å². The molecule has 1 fully saturated rings. The van der Waals surface area contributed by atoms with Crippen LogP contribution in [0.15, 0.2) is 48.5 Å². The second-order valence-corrected chi connectivity index (χ2v) is 6.16. The highest BCUT2D eigenvalue weighted by molar-refractivity contribution is 5.85. The summed E-state index contributed by atoms with van der Waals surface area (Å²) in [6, 6.07) is 16.2. The largest absolute Gasteiger partial charge is 0.371 e. The Labute approximate surface area is 162 Å². The van der Waals surface area contributed by atoms with Gasteiger partial charge in [-0.3, -0.25) is 5.10 Å². The monoisotopic (exact) mass is 384 g/mol. The highest BCUT2D eigenvalue weighted by Gasteiger charge is 2.16. The predicted molar refractivity (Wildman–Crippen MR) is 103 cm³/mol. The summed E-state index contributed by atoms with van der Waals surface area (Å²) in [6.45, 7) is 2.41. The number of halogens is 2. The van der Waals surface area contributed by atoms with Crippen LogP contribution in [0.25, 0.3) is 22.5 Å². The van der Waals surface area contributed by atoms with Gasteiger partial charge in [-0.05, 0) is 29.8 Å². The van der Waals surface area contributed by atoms with E-state index in [2.05, 4.69) is 15.5 Å². The molecule has 2 aromatic carbocycles. The molecule has 0 spiro atoms. The Hall–Kier alpha value is -2.72. The lowest BCUT2D eigenvalue weighted by atomic mass is 10.0. The molecule has 3 aromatic rings. The van der Waals surface area contributed by atoms with Crippen LogP contribution in [0.1, 0.15) is 17.2 Å². The summed E-state index contributed by atoms with van der Waals surface area (Å²) >= 11 is 0. The molecule has 2 N–H and O–H groups in total. The molecular weight excluding hydrogens is 367 g/mol. The molecule has 0 amide bonds. The van der Waals surface area contributed by atoms with Crippen LogP contribution in [0.2, 0.25) is 0 Å². The zero-order chi connectivity index (χ0) is 17.9. The fourth-order valence-corrected chi connectivity index (χ4v) is 3.06. The van der Waals surface area contributed by atoms with Gasteiger partial charge in [-0.15, -0.1) is 12.4 Å². The van der Waals surface area contributed by atoms with Crippen molar-refractivity contribution in [1.82, 2.24) is 15.5 Å². The van der Waals surface area contributed by atoms with Crippen LogP contribution in [0.4, 0.5) is 4.39 Å². The maximum atomic E-state index is 14.2. The highest BCUT2D eigenvalue weighted by atomic mass is 35.5. The summed E-state index contributed by atoms with van der Waals surface area (Å²) in [5.74, 6) is -0.448. The molecule has 0 radical (unpaired) electrons. The molecule has 1 atom stereocenters. The number of benzene rings is 2. The van der Waals surface area contributed by atoms with E-state index in [9.17, 15) is 4.39 Å². The van der Waals surface area contributed by atoms with Crippen molar-refractivity contribution in [1.29, 1.82) is 5.26 Å². The Morgan fingerprint density at radius 1 is 1.15 bits per heavy atom. The number of nitrogens with one attached hydrogen (secondary N) is 2. The Kier molecular flexibility index (Phi) is 5.87. The molecule has 1 aliphatic heterocycles. The van der Waals surface area contributed by atoms with E-state index in [-0.39, 0.29) is 18.5 Å². The molecule has 27 heavy (non-hydrogen) atoms. The van der Waals surface area contributed by atoms with Gasteiger partial charge in [0.1, 0.15) is 5.82 Å².